The second kappa shape index (κ2) is 9.54. The molecule has 33 heavy (non-hydrogen) atoms. The Morgan fingerprint density at radius 2 is 1.88 bits per heavy atom. The molecule has 2 saturated carbocycles. The molecule has 1 aromatic carbocycles. The first-order valence-electron chi connectivity index (χ1n) is 11.1. The number of aromatic nitrogens is 2. The van der Waals surface area contributed by atoms with Gasteiger partial charge in [-0.1, -0.05) is 12.8 Å². The average molecular weight is 464 g/mol. The Hall–Kier alpha value is -2.88. The van der Waals surface area contributed by atoms with Gasteiger partial charge in [-0.2, -0.15) is 0 Å². The quantitative estimate of drug-likeness (QED) is 0.646. The number of halogens is 3. The number of rotatable bonds is 7. The molecular weight excluding hydrogens is 437 g/mol. The first-order valence-corrected chi connectivity index (χ1v) is 11.1. The molecule has 0 unspecified atom stereocenters. The summed E-state index contributed by atoms with van der Waals surface area (Å²) in [5.74, 6) is 0.332. The van der Waals surface area contributed by atoms with Gasteiger partial charge in [0.05, 0.1) is 18.3 Å². The van der Waals surface area contributed by atoms with Gasteiger partial charge in [-0.3, -0.25) is 4.79 Å². The summed E-state index contributed by atoms with van der Waals surface area (Å²) in [6.07, 6.45) is 1.48. The van der Waals surface area contributed by atoms with Crippen LogP contribution in [0.2, 0.25) is 0 Å². The summed E-state index contributed by atoms with van der Waals surface area (Å²) in [4.78, 5) is 23.8. The van der Waals surface area contributed by atoms with Crippen molar-refractivity contribution in [3.05, 3.63) is 36.2 Å². The largest absolute Gasteiger partial charge is 0.573 e. The molecule has 2 N–H and O–H groups in total. The molecule has 0 bridgehead atoms. The molecule has 178 valence electrons. The Morgan fingerprint density at radius 1 is 1.18 bits per heavy atom. The van der Waals surface area contributed by atoms with Crippen LogP contribution < -0.4 is 15.0 Å². The maximum Gasteiger partial charge on any atom is 0.573 e. The van der Waals surface area contributed by atoms with Crippen molar-refractivity contribution in [2.75, 3.05) is 18.5 Å². The van der Waals surface area contributed by atoms with E-state index in [1.165, 1.54) is 30.5 Å². The van der Waals surface area contributed by atoms with Gasteiger partial charge >= 0.3 is 6.36 Å². The molecule has 1 aromatic heterocycles. The van der Waals surface area contributed by atoms with E-state index in [1.807, 2.05) is 11.9 Å². The summed E-state index contributed by atoms with van der Waals surface area (Å²) < 4.78 is 41.5. The fourth-order valence-electron chi connectivity index (χ4n) is 4.08. The second-order valence-corrected chi connectivity index (χ2v) is 8.76. The molecule has 0 spiro atoms. The summed E-state index contributed by atoms with van der Waals surface area (Å²) in [6.45, 7) is 0.775. The number of amides is 1. The van der Waals surface area contributed by atoms with Gasteiger partial charge in [0.1, 0.15) is 17.1 Å². The van der Waals surface area contributed by atoms with E-state index < -0.39 is 18.4 Å². The SMILES string of the molecule is CN(CC1CC1)c1ncc(C(=O)N[C@@H]2CCCC[C@H]2O)nc1-c1ccc(OC(F)(F)F)cc1. The van der Waals surface area contributed by atoms with Crippen molar-refractivity contribution in [2.45, 2.75) is 57.0 Å². The van der Waals surface area contributed by atoms with Crippen LogP contribution in [-0.2, 0) is 0 Å². The molecule has 10 heteroatoms. The zero-order chi connectivity index (χ0) is 23.6. The highest BCUT2D eigenvalue weighted by atomic mass is 19.4. The molecule has 2 aromatic rings. The first-order chi connectivity index (χ1) is 15.7. The van der Waals surface area contributed by atoms with Gasteiger partial charge in [-0.05, 0) is 55.9 Å². The van der Waals surface area contributed by atoms with E-state index in [4.69, 9.17) is 0 Å². The van der Waals surface area contributed by atoms with Gasteiger partial charge < -0.3 is 20.1 Å². The number of benzene rings is 1. The van der Waals surface area contributed by atoms with E-state index >= 15 is 0 Å². The van der Waals surface area contributed by atoms with Crippen molar-refractivity contribution in [2.24, 2.45) is 5.92 Å². The average Bonchev–Trinajstić information content (AvgIpc) is 3.58. The number of carbonyl (C=O) groups excluding carboxylic acids is 1. The van der Waals surface area contributed by atoms with Crippen molar-refractivity contribution in [3.63, 3.8) is 0 Å². The molecule has 7 nitrogen and oxygen atoms in total. The fourth-order valence-corrected chi connectivity index (χ4v) is 4.08. The van der Waals surface area contributed by atoms with Gasteiger partial charge in [0, 0.05) is 19.2 Å². The van der Waals surface area contributed by atoms with E-state index in [2.05, 4.69) is 20.0 Å². The molecule has 2 fully saturated rings. The summed E-state index contributed by atoms with van der Waals surface area (Å²) >= 11 is 0. The van der Waals surface area contributed by atoms with Crippen molar-refractivity contribution < 1.29 is 27.8 Å². The van der Waals surface area contributed by atoms with Crippen molar-refractivity contribution >= 4 is 11.7 Å². The van der Waals surface area contributed by atoms with Crippen LogP contribution in [0.15, 0.2) is 30.5 Å². The van der Waals surface area contributed by atoms with Crippen LogP contribution >= 0.6 is 0 Å². The second-order valence-electron chi connectivity index (χ2n) is 8.76. The van der Waals surface area contributed by atoms with Crippen LogP contribution in [0.1, 0.15) is 49.0 Å². The lowest BCUT2D eigenvalue weighted by Crippen LogP contribution is -2.45. The van der Waals surface area contributed by atoms with Crippen LogP contribution in [0.4, 0.5) is 19.0 Å². The molecule has 2 aliphatic carbocycles. The monoisotopic (exact) mass is 464 g/mol. The molecule has 2 aliphatic rings. The molecule has 0 radical (unpaired) electrons. The molecule has 4 rings (SSSR count). The number of ether oxygens (including phenoxy) is 1. The predicted molar refractivity (Wildman–Crippen MR) is 116 cm³/mol. The van der Waals surface area contributed by atoms with E-state index in [1.54, 1.807) is 0 Å². The third kappa shape index (κ3) is 6.13. The Balaban J connectivity index is 1.61. The summed E-state index contributed by atoms with van der Waals surface area (Å²) in [6, 6.07) is 5.01. The summed E-state index contributed by atoms with van der Waals surface area (Å²) in [5.41, 5.74) is 0.998. The van der Waals surface area contributed by atoms with Gasteiger partial charge in [0.15, 0.2) is 5.82 Å². The lowest BCUT2D eigenvalue weighted by atomic mass is 9.92. The third-order valence-corrected chi connectivity index (χ3v) is 5.98. The summed E-state index contributed by atoms with van der Waals surface area (Å²) in [5, 5.41) is 13.0. The molecule has 1 amide bonds. The number of anilines is 1. The molecule has 2 atom stereocenters. The number of aliphatic hydroxyl groups is 1. The number of hydrogen-bond acceptors (Lipinski definition) is 6. The highest BCUT2D eigenvalue weighted by Crippen LogP contribution is 2.34. The minimum atomic E-state index is -4.78. The molecule has 0 aliphatic heterocycles. The van der Waals surface area contributed by atoms with Gasteiger partial charge in [-0.25, -0.2) is 9.97 Å². The lowest BCUT2D eigenvalue weighted by Gasteiger charge is -2.28. The Morgan fingerprint density at radius 3 is 2.52 bits per heavy atom. The van der Waals surface area contributed by atoms with Crippen molar-refractivity contribution in [1.29, 1.82) is 0 Å². The first kappa shape index (κ1) is 23.3. The maximum atomic E-state index is 12.8. The number of aliphatic hydroxyl groups excluding tert-OH is 1. The van der Waals surface area contributed by atoms with Crippen molar-refractivity contribution in [3.8, 4) is 17.0 Å². The Kier molecular flexibility index (Phi) is 6.73. The number of hydrogen-bond donors (Lipinski definition) is 2. The van der Waals surface area contributed by atoms with Crippen LogP contribution in [0.25, 0.3) is 11.3 Å². The lowest BCUT2D eigenvalue weighted by molar-refractivity contribution is -0.274. The van der Waals surface area contributed by atoms with Crippen LogP contribution in [0.5, 0.6) is 5.75 Å². The van der Waals surface area contributed by atoms with Crippen molar-refractivity contribution in [1.82, 2.24) is 15.3 Å². The zero-order valence-electron chi connectivity index (χ0n) is 18.3. The highest BCUT2D eigenvalue weighted by molar-refractivity contribution is 5.93. The Labute approximate surface area is 190 Å². The fraction of sp³-hybridized carbons (Fsp3) is 0.522. The van der Waals surface area contributed by atoms with E-state index in [9.17, 15) is 23.1 Å². The smallest absolute Gasteiger partial charge is 0.406 e. The standard InChI is InChI=1S/C23H27F3N4O3/c1-30(13-14-6-7-14)21-20(15-8-10-16(11-9-15)33-23(24,25)26)28-18(12-27-21)22(32)29-17-4-2-3-5-19(17)31/h8-12,14,17,19,31H,2-7,13H2,1H3,(H,29,32)/t17-,19-/m1/s1. The van der Waals surface area contributed by atoms with E-state index in [-0.39, 0.29) is 17.5 Å². The zero-order valence-corrected chi connectivity index (χ0v) is 18.3. The predicted octanol–water partition coefficient (Wildman–Crippen LogP) is 3.92. The Bertz CT molecular complexity index is 980. The van der Waals surface area contributed by atoms with Gasteiger partial charge in [0.2, 0.25) is 0 Å². The minimum Gasteiger partial charge on any atom is -0.406 e. The van der Waals surface area contributed by atoms with Crippen LogP contribution in [0.3, 0.4) is 0 Å². The summed E-state index contributed by atoms with van der Waals surface area (Å²) in [7, 11) is 1.88. The normalized spacial score (nSPS) is 20.9. The number of carbonyl (C=O) groups is 1. The van der Waals surface area contributed by atoms with Gasteiger partial charge in [0.25, 0.3) is 5.91 Å². The topological polar surface area (TPSA) is 87.6 Å². The van der Waals surface area contributed by atoms with E-state index in [0.29, 0.717) is 35.8 Å². The maximum absolute atomic E-state index is 12.8. The number of nitrogens with zero attached hydrogens (tertiary/aromatic N) is 3. The third-order valence-electron chi connectivity index (χ3n) is 5.98. The number of alkyl halides is 3. The highest BCUT2D eigenvalue weighted by Gasteiger charge is 2.31. The van der Waals surface area contributed by atoms with Crippen LogP contribution in [0, 0.1) is 5.92 Å². The number of nitrogens with one attached hydrogen (secondary N) is 1. The molecule has 1 heterocycles. The minimum absolute atomic E-state index is 0.0852. The van der Waals surface area contributed by atoms with E-state index in [0.717, 1.165) is 32.2 Å². The molecular formula is C23H27F3N4O3. The molecule has 0 saturated heterocycles. The van der Waals surface area contributed by atoms with Crippen LogP contribution in [-0.4, -0.2) is 53.1 Å². The van der Waals surface area contributed by atoms with Gasteiger partial charge in [-0.15, -0.1) is 13.2 Å².